The minimum absolute atomic E-state index is 0.0506. The summed E-state index contributed by atoms with van der Waals surface area (Å²) in [5, 5.41) is 9.90. The molecule has 0 saturated heterocycles. The fourth-order valence-corrected chi connectivity index (χ4v) is 1.67. The molecule has 0 amide bonds. The molecule has 0 aliphatic heterocycles. The number of hydrogen-bond acceptors (Lipinski definition) is 4. The second-order valence-electron chi connectivity index (χ2n) is 3.74. The van der Waals surface area contributed by atoms with Crippen molar-refractivity contribution in [1.82, 2.24) is 0 Å². The summed E-state index contributed by atoms with van der Waals surface area (Å²) in [7, 11) is 3.72. The smallest absolute Gasteiger partial charge is 0.416 e. The molecule has 1 rings (SSSR count). The highest BCUT2D eigenvalue weighted by molar-refractivity contribution is 5.39. The third kappa shape index (κ3) is 3.59. The highest BCUT2D eigenvalue weighted by Gasteiger charge is 2.37. The van der Waals surface area contributed by atoms with E-state index in [1.165, 1.54) is 27.4 Å². The molecule has 19 heavy (non-hydrogen) atoms. The third-order valence-corrected chi connectivity index (χ3v) is 2.61. The summed E-state index contributed by atoms with van der Waals surface area (Å²) in [6.45, 7) is 0. The van der Waals surface area contributed by atoms with Gasteiger partial charge in [-0.15, -0.1) is 0 Å². The Bertz CT molecular complexity index is 416. The predicted molar refractivity (Wildman–Crippen MR) is 60.8 cm³/mol. The van der Waals surface area contributed by atoms with Gasteiger partial charge >= 0.3 is 6.18 Å². The van der Waals surface area contributed by atoms with Crippen LogP contribution in [0.15, 0.2) is 18.2 Å². The molecule has 108 valence electrons. The number of methoxy groups -OCH3 is 3. The first-order valence-corrected chi connectivity index (χ1v) is 5.34. The number of aliphatic hydroxyl groups is 1. The molecule has 0 bridgehead atoms. The van der Waals surface area contributed by atoms with Crippen molar-refractivity contribution in [2.45, 2.75) is 18.6 Å². The van der Waals surface area contributed by atoms with Gasteiger partial charge in [0, 0.05) is 14.2 Å². The lowest BCUT2D eigenvalue weighted by atomic mass is 10.0. The minimum atomic E-state index is -4.61. The summed E-state index contributed by atoms with van der Waals surface area (Å²) in [6, 6.07) is 3.29. The highest BCUT2D eigenvalue weighted by Crippen LogP contribution is 2.38. The van der Waals surface area contributed by atoms with Crippen LogP contribution in [-0.2, 0) is 15.7 Å². The van der Waals surface area contributed by atoms with Crippen LogP contribution >= 0.6 is 0 Å². The van der Waals surface area contributed by atoms with Crippen LogP contribution in [0.2, 0.25) is 0 Å². The van der Waals surface area contributed by atoms with Gasteiger partial charge < -0.3 is 19.3 Å². The number of benzene rings is 1. The maximum absolute atomic E-state index is 12.9. The molecule has 7 heteroatoms. The predicted octanol–water partition coefficient (Wildman–Crippen LogP) is 2.37. The molecule has 1 atom stereocenters. The van der Waals surface area contributed by atoms with Crippen LogP contribution in [-0.4, -0.2) is 32.7 Å². The molecule has 0 fully saturated rings. The summed E-state index contributed by atoms with van der Waals surface area (Å²) < 4.78 is 53.1. The maximum Gasteiger partial charge on any atom is 0.416 e. The molecule has 0 aromatic heterocycles. The van der Waals surface area contributed by atoms with Crippen molar-refractivity contribution in [3.05, 3.63) is 29.3 Å². The average molecular weight is 280 g/mol. The molecule has 1 aromatic rings. The van der Waals surface area contributed by atoms with Gasteiger partial charge in [0.05, 0.1) is 12.7 Å². The Morgan fingerprint density at radius 3 is 2.11 bits per heavy atom. The van der Waals surface area contributed by atoms with E-state index in [1.54, 1.807) is 0 Å². The molecule has 0 unspecified atom stereocenters. The van der Waals surface area contributed by atoms with Crippen molar-refractivity contribution in [3.8, 4) is 5.75 Å². The van der Waals surface area contributed by atoms with E-state index in [0.717, 1.165) is 12.1 Å². The van der Waals surface area contributed by atoms with Gasteiger partial charge in [-0.05, 0) is 17.7 Å². The van der Waals surface area contributed by atoms with Crippen LogP contribution in [0.1, 0.15) is 17.2 Å². The van der Waals surface area contributed by atoms with Gasteiger partial charge in [0.1, 0.15) is 11.9 Å². The monoisotopic (exact) mass is 280 g/mol. The van der Waals surface area contributed by atoms with E-state index in [2.05, 4.69) is 0 Å². The first-order valence-electron chi connectivity index (χ1n) is 5.34. The Morgan fingerprint density at radius 2 is 1.68 bits per heavy atom. The standard InChI is InChI=1S/C12H15F3O4/c1-17-7-4-5-8(9(6-7)12(13,14)15)10(16)11(18-2)19-3/h4-6,10-11,16H,1-3H3/t10-/m0/s1. The van der Waals surface area contributed by atoms with E-state index in [1.807, 2.05) is 0 Å². The number of aliphatic hydroxyl groups excluding tert-OH is 1. The van der Waals surface area contributed by atoms with E-state index in [4.69, 9.17) is 14.2 Å². The van der Waals surface area contributed by atoms with Crippen LogP contribution in [0.3, 0.4) is 0 Å². The van der Waals surface area contributed by atoms with Gasteiger partial charge in [-0.25, -0.2) is 0 Å². The number of rotatable bonds is 5. The largest absolute Gasteiger partial charge is 0.497 e. The highest BCUT2D eigenvalue weighted by atomic mass is 19.4. The number of alkyl halides is 3. The molecule has 0 heterocycles. The van der Waals surface area contributed by atoms with Crippen LogP contribution < -0.4 is 4.74 Å². The SMILES string of the molecule is COc1ccc([C@H](O)C(OC)OC)c(C(F)(F)F)c1. The zero-order chi connectivity index (χ0) is 14.6. The molecule has 1 N–H and O–H groups in total. The lowest BCUT2D eigenvalue weighted by molar-refractivity contribution is -0.171. The van der Waals surface area contributed by atoms with Gasteiger partial charge in [0.25, 0.3) is 0 Å². The van der Waals surface area contributed by atoms with Gasteiger partial charge in [0.2, 0.25) is 0 Å². The number of halogens is 3. The quantitative estimate of drug-likeness (QED) is 0.841. The summed E-state index contributed by atoms with van der Waals surface area (Å²) in [5.74, 6) is 0.0506. The van der Waals surface area contributed by atoms with Crippen molar-refractivity contribution in [2.24, 2.45) is 0 Å². The molecule has 0 aliphatic carbocycles. The van der Waals surface area contributed by atoms with Crippen molar-refractivity contribution in [1.29, 1.82) is 0 Å². The molecule has 0 aliphatic rings. The molecular formula is C12H15F3O4. The van der Waals surface area contributed by atoms with E-state index < -0.39 is 24.1 Å². The fraction of sp³-hybridized carbons (Fsp3) is 0.500. The van der Waals surface area contributed by atoms with Gasteiger partial charge in [-0.1, -0.05) is 6.07 Å². The number of hydrogen-bond donors (Lipinski definition) is 1. The lowest BCUT2D eigenvalue weighted by Gasteiger charge is -2.23. The lowest BCUT2D eigenvalue weighted by Crippen LogP contribution is -2.25. The fourth-order valence-electron chi connectivity index (χ4n) is 1.67. The Balaban J connectivity index is 3.26. The van der Waals surface area contributed by atoms with Crippen molar-refractivity contribution in [3.63, 3.8) is 0 Å². The average Bonchev–Trinajstić information content (AvgIpc) is 2.38. The van der Waals surface area contributed by atoms with Gasteiger partial charge in [-0.3, -0.25) is 0 Å². The van der Waals surface area contributed by atoms with Crippen LogP contribution in [0, 0.1) is 0 Å². The normalized spacial score (nSPS) is 13.7. The Labute approximate surface area is 108 Å². The Hall–Kier alpha value is -1.31. The van der Waals surface area contributed by atoms with Crippen molar-refractivity contribution < 1.29 is 32.5 Å². The zero-order valence-corrected chi connectivity index (χ0v) is 10.7. The summed E-state index contributed by atoms with van der Waals surface area (Å²) >= 11 is 0. The van der Waals surface area contributed by atoms with Gasteiger partial charge in [-0.2, -0.15) is 13.2 Å². The molecule has 4 nitrogen and oxygen atoms in total. The van der Waals surface area contributed by atoms with E-state index in [-0.39, 0.29) is 11.3 Å². The second-order valence-corrected chi connectivity index (χ2v) is 3.74. The van der Waals surface area contributed by atoms with Crippen LogP contribution in [0.5, 0.6) is 5.75 Å². The van der Waals surface area contributed by atoms with Crippen molar-refractivity contribution in [2.75, 3.05) is 21.3 Å². The van der Waals surface area contributed by atoms with Crippen LogP contribution in [0.4, 0.5) is 13.2 Å². The summed E-state index contributed by atoms with van der Waals surface area (Å²) in [6.07, 6.45) is -7.36. The maximum atomic E-state index is 12.9. The summed E-state index contributed by atoms with van der Waals surface area (Å²) in [4.78, 5) is 0. The van der Waals surface area contributed by atoms with E-state index in [9.17, 15) is 18.3 Å². The first kappa shape index (κ1) is 15.7. The minimum Gasteiger partial charge on any atom is -0.497 e. The van der Waals surface area contributed by atoms with E-state index >= 15 is 0 Å². The molecule has 0 radical (unpaired) electrons. The third-order valence-electron chi connectivity index (χ3n) is 2.61. The zero-order valence-electron chi connectivity index (χ0n) is 10.7. The second kappa shape index (κ2) is 6.23. The first-order chi connectivity index (χ1) is 8.85. The van der Waals surface area contributed by atoms with Crippen molar-refractivity contribution >= 4 is 0 Å². The van der Waals surface area contributed by atoms with E-state index in [0.29, 0.717) is 0 Å². The number of ether oxygens (including phenoxy) is 3. The Morgan fingerprint density at radius 1 is 1.11 bits per heavy atom. The summed E-state index contributed by atoms with van der Waals surface area (Å²) in [5.41, 5.74) is -1.32. The Kier molecular flexibility index (Phi) is 5.16. The molecule has 1 aromatic carbocycles. The van der Waals surface area contributed by atoms with Gasteiger partial charge in [0.15, 0.2) is 6.29 Å². The topological polar surface area (TPSA) is 47.9 Å². The molecule has 0 spiro atoms. The molecular weight excluding hydrogens is 265 g/mol. The molecule has 0 saturated carbocycles. The van der Waals surface area contributed by atoms with Crippen LogP contribution in [0.25, 0.3) is 0 Å².